The summed E-state index contributed by atoms with van der Waals surface area (Å²) in [7, 11) is -3.05. The van der Waals surface area contributed by atoms with E-state index in [1.807, 2.05) is 0 Å². The first-order valence-corrected chi connectivity index (χ1v) is 31.0. The molecular formula is C74H62BN3Si. The Hall–Kier alpha value is -8.12. The lowest BCUT2D eigenvalue weighted by Gasteiger charge is -2.53. The number of anilines is 8. The van der Waals surface area contributed by atoms with E-state index >= 15 is 0 Å². The third-order valence-corrected chi connectivity index (χ3v) is 26.1. The van der Waals surface area contributed by atoms with Gasteiger partial charge in [-0.3, -0.25) is 0 Å². The molecule has 79 heavy (non-hydrogen) atoms. The summed E-state index contributed by atoms with van der Waals surface area (Å²) in [6, 6.07) is 86.0. The molecule has 0 spiro atoms. The summed E-state index contributed by atoms with van der Waals surface area (Å²) in [5.74, 6) is 0. The lowest BCUT2D eigenvalue weighted by molar-refractivity contribution is 0.195. The van der Waals surface area contributed by atoms with Crippen molar-refractivity contribution in [3.05, 3.63) is 246 Å². The van der Waals surface area contributed by atoms with Crippen molar-refractivity contribution in [3.63, 3.8) is 0 Å². The number of rotatable bonds is 5. The summed E-state index contributed by atoms with van der Waals surface area (Å²) in [5.41, 5.74) is 26.4. The van der Waals surface area contributed by atoms with E-state index in [9.17, 15) is 0 Å². The van der Waals surface area contributed by atoms with Crippen LogP contribution in [-0.2, 0) is 16.2 Å². The van der Waals surface area contributed by atoms with Gasteiger partial charge in [0.15, 0.2) is 8.07 Å². The summed E-state index contributed by atoms with van der Waals surface area (Å²) < 4.78 is 0. The van der Waals surface area contributed by atoms with Crippen LogP contribution in [-0.4, -0.2) is 20.3 Å². The third kappa shape index (κ3) is 5.55. The van der Waals surface area contributed by atoms with Gasteiger partial charge < -0.3 is 14.7 Å². The Balaban J connectivity index is 1.02. The van der Waals surface area contributed by atoms with Crippen LogP contribution < -0.4 is 51.8 Å². The van der Waals surface area contributed by atoms with Crippen LogP contribution in [0.5, 0.6) is 0 Å². The Morgan fingerprint density at radius 3 is 1.33 bits per heavy atom. The number of nitrogens with zero attached hydrogens (tertiary/aromatic N) is 3. The lowest BCUT2D eigenvalue weighted by atomic mass is 9.33. The topological polar surface area (TPSA) is 9.72 Å². The van der Waals surface area contributed by atoms with Crippen molar-refractivity contribution in [3.8, 4) is 22.3 Å². The first-order chi connectivity index (χ1) is 38.5. The monoisotopic (exact) mass is 1030 g/mol. The maximum absolute atomic E-state index is 3.05. The minimum atomic E-state index is -3.05. The van der Waals surface area contributed by atoms with E-state index in [0.29, 0.717) is 0 Å². The molecule has 4 heterocycles. The minimum Gasteiger partial charge on any atom is -0.334 e. The summed E-state index contributed by atoms with van der Waals surface area (Å²) in [6.45, 7) is 14.9. The largest absolute Gasteiger partial charge is 0.334 e. The Bertz CT molecular complexity index is 4060. The fraction of sp³-hybridized carbons (Fsp3) is 0.189. The Morgan fingerprint density at radius 2 is 0.797 bits per heavy atom. The number of para-hydroxylation sites is 1. The van der Waals surface area contributed by atoms with Gasteiger partial charge in [0, 0.05) is 61.7 Å². The van der Waals surface area contributed by atoms with Crippen LogP contribution in [0, 0.1) is 0 Å². The zero-order chi connectivity index (χ0) is 53.0. The quantitative estimate of drug-likeness (QED) is 0.159. The molecule has 3 aliphatic carbocycles. The Kier molecular flexibility index (Phi) is 9.04. The summed E-state index contributed by atoms with van der Waals surface area (Å²) >= 11 is 0. The Morgan fingerprint density at radius 1 is 0.354 bits per heavy atom. The van der Waals surface area contributed by atoms with Gasteiger partial charge in [0.25, 0.3) is 6.71 Å². The van der Waals surface area contributed by atoms with E-state index < -0.39 is 8.07 Å². The lowest BCUT2D eigenvalue weighted by Crippen LogP contribution is -2.88. The highest BCUT2D eigenvalue weighted by Crippen LogP contribution is 2.62. The van der Waals surface area contributed by atoms with Gasteiger partial charge in [-0.25, -0.2) is 0 Å². The molecule has 0 radical (unpaired) electrons. The molecule has 10 aromatic carbocycles. The van der Waals surface area contributed by atoms with Crippen molar-refractivity contribution in [1.29, 1.82) is 0 Å². The van der Waals surface area contributed by atoms with Crippen molar-refractivity contribution in [2.45, 2.75) is 89.0 Å². The molecule has 7 aliphatic rings. The predicted octanol–water partition coefficient (Wildman–Crippen LogP) is 13.8. The number of hydrogen-bond donors (Lipinski definition) is 0. The average Bonchev–Trinajstić information content (AvgIpc) is 4.14. The zero-order valence-electron chi connectivity index (χ0n) is 46.0. The Labute approximate surface area is 466 Å². The van der Waals surface area contributed by atoms with E-state index in [-0.39, 0.29) is 28.5 Å². The molecule has 0 bridgehead atoms. The van der Waals surface area contributed by atoms with E-state index in [1.165, 1.54) is 152 Å². The van der Waals surface area contributed by atoms with Gasteiger partial charge in [-0.1, -0.05) is 211 Å². The smallest absolute Gasteiger partial charge is 0.251 e. The van der Waals surface area contributed by atoms with E-state index in [4.69, 9.17) is 0 Å². The second-order valence-electron chi connectivity index (χ2n) is 25.4. The molecule has 5 heteroatoms. The second-order valence-corrected chi connectivity index (χ2v) is 29.2. The van der Waals surface area contributed by atoms with E-state index in [1.54, 1.807) is 0 Å². The van der Waals surface area contributed by atoms with Gasteiger partial charge >= 0.3 is 0 Å². The second kappa shape index (κ2) is 15.6. The van der Waals surface area contributed by atoms with Crippen LogP contribution in [0.4, 0.5) is 45.5 Å². The minimum absolute atomic E-state index is 0.00922. The maximum Gasteiger partial charge on any atom is 0.251 e. The standard InChI is InChI=1S/C74H62BN3Si/c1-71(2)56-29-15-13-27-52(56)54-39-37-47(43-59(54)71)76-62-33-21-35-66-69(62)75-68-64(76)45-49(78-61-32-18-17-31-58(61)73(5)41-19-20-42-74(73,78)6)46-65(68)77(48-38-40-55-53-28-14-16-30-57(53)72(3,4)60(55)44-48)63-34-22-36-67(70(63)75)79(66,50-23-9-7-10-24-50)51-25-11-8-12-26-51/h7-18,21-40,43-46H,19-20,41-42H2,1-6H3. The molecule has 380 valence electrons. The molecule has 1 saturated carbocycles. The molecule has 0 N–H and O–H groups in total. The predicted molar refractivity (Wildman–Crippen MR) is 336 cm³/mol. The molecule has 4 aliphatic heterocycles. The van der Waals surface area contributed by atoms with Crippen LogP contribution in [0.15, 0.2) is 218 Å². The summed E-state index contributed by atoms with van der Waals surface area (Å²) in [6.07, 6.45) is 4.78. The van der Waals surface area contributed by atoms with E-state index in [0.717, 1.165) is 6.42 Å². The highest BCUT2D eigenvalue weighted by Gasteiger charge is 2.60. The number of benzene rings is 10. The fourth-order valence-corrected chi connectivity index (χ4v) is 22.8. The summed E-state index contributed by atoms with van der Waals surface area (Å²) in [4.78, 5) is 8.28. The molecule has 3 nitrogen and oxygen atoms in total. The van der Waals surface area contributed by atoms with Crippen LogP contribution in [0.25, 0.3) is 22.3 Å². The maximum atomic E-state index is 2.82. The zero-order valence-corrected chi connectivity index (χ0v) is 47.0. The molecular weight excluding hydrogens is 970 g/mol. The van der Waals surface area contributed by atoms with Crippen molar-refractivity contribution >= 4 is 97.4 Å². The molecule has 0 aromatic heterocycles. The highest BCUT2D eigenvalue weighted by molar-refractivity contribution is 7.27. The van der Waals surface area contributed by atoms with Crippen LogP contribution >= 0.6 is 0 Å². The molecule has 2 unspecified atom stereocenters. The summed E-state index contributed by atoms with van der Waals surface area (Å²) in [5, 5.41) is 5.80. The van der Waals surface area contributed by atoms with Crippen molar-refractivity contribution < 1.29 is 0 Å². The van der Waals surface area contributed by atoms with Gasteiger partial charge in [0.05, 0.1) is 5.54 Å². The van der Waals surface area contributed by atoms with Gasteiger partial charge in [-0.15, -0.1) is 0 Å². The SMILES string of the molecule is CC1(C)c2ccccc2-c2ccc(N3c4cc(N5c6ccccc6C6(C)CCCCC56C)cc5c4B4c6c3cccc6[Si](c3ccccc3)(c3ccccc3)c3cccc(c34)N5c3ccc4c(c3)C(C)(C)c3ccccc3-4)cc21. The van der Waals surface area contributed by atoms with Crippen molar-refractivity contribution in [1.82, 2.24) is 0 Å². The van der Waals surface area contributed by atoms with Crippen LogP contribution in [0.1, 0.15) is 95.0 Å². The van der Waals surface area contributed by atoms with Crippen molar-refractivity contribution in [2.24, 2.45) is 0 Å². The normalized spacial score (nSPS) is 20.9. The molecule has 1 fully saturated rings. The number of fused-ring (bicyclic) bond motifs is 9. The van der Waals surface area contributed by atoms with Gasteiger partial charge in [-0.05, 0) is 162 Å². The third-order valence-electron chi connectivity index (χ3n) is 21.3. The molecule has 17 rings (SSSR count). The van der Waals surface area contributed by atoms with Crippen LogP contribution in [0.3, 0.4) is 0 Å². The highest BCUT2D eigenvalue weighted by atomic mass is 28.3. The molecule has 10 aromatic rings. The van der Waals surface area contributed by atoms with Gasteiger partial charge in [0.2, 0.25) is 0 Å². The van der Waals surface area contributed by atoms with Crippen molar-refractivity contribution in [2.75, 3.05) is 14.7 Å². The fourth-order valence-electron chi connectivity index (χ4n) is 17.5. The average molecular weight is 1030 g/mol. The number of hydrogen-bond acceptors (Lipinski definition) is 3. The molecule has 2 atom stereocenters. The molecule has 0 amide bonds. The van der Waals surface area contributed by atoms with Crippen LogP contribution in [0.2, 0.25) is 0 Å². The first-order valence-electron chi connectivity index (χ1n) is 29.0. The molecule has 0 saturated heterocycles. The van der Waals surface area contributed by atoms with Gasteiger partial charge in [0.1, 0.15) is 0 Å². The van der Waals surface area contributed by atoms with Gasteiger partial charge in [-0.2, -0.15) is 0 Å². The van der Waals surface area contributed by atoms with E-state index in [2.05, 4.69) is 275 Å². The first kappa shape index (κ1) is 45.9.